The number of carboxylic acids is 1. The van der Waals surface area contributed by atoms with E-state index in [1.54, 1.807) is 35.2 Å². The van der Waals surface area contributed by atoms with Crippen LogP contribution >= 0.6 is 0 Å². The minimum Gasteiger partial charge on any atom is -0.474 e. The molecule has 6 nitrogen and oxygen atoms in total. The molecule has 1 atom stereocenters. The van der Waals surface area contributed by atoms with Gasteiger partial charge in [-0.05, 0) is 19.4 Å². The topological polar surface area (TPSA) is 86.7 Å². The third-order valence-electron chi connectivity index (χ3n) is 2.92. The molecule has 0 aliphatic carbocycles. The maximum Gasteiger partial charge on any atom is 0.394 e. The van der Waals surface area contributed by atoms with Gasteiger partial charge in [0.05, 0.1) is 0 Å². The maximum atomic E-state index is 12.4. The summed E-state index contributed by atoms with van der Waals surface area (Å²) >= 11 is 0. The lowest BCUT2D eigenvalue weighted by Crippen LogP contribution is -2.44. The molecule has 0 heterocycles. The molecule has 0 radical (unpaired) electrons. The van der Waals surface area contributed by atoms with Crippen LogP contribution in [0.5, 0.6) is 0 Å². The average Bonchev–Trinajstić information content (AvgIpc) is 2.46. The fourth-order valence-corrected chi connectivity index (χ4v) is 1.84. The molecule has 2 N–H and O–H groups in total. The second-order valence-corrected chi connectivity index (χ2v) is 4.13. The molecule has 1 aromatic carbocycles. The molecular weight excluding hydrogens is 260 g/mol. The van der Waals surface area contributed by atoms with Gasteiger partial charge in [0.25, 0.3) is 0 Å². The molecule has 0 saturated heterocycles. The summed E-state index contributed by atoms with van der Waals surface area (Å²) in [6.45, 7) is 4.62. The Morgan fingerprint density at radius 1 is 1.15 bits per heavy atom. The Kier molecular flexibility index (Phi) is 5.71. The number of carbonyl (C=O) groups is 3. The number of carboxylic acid groups (broad SMARTS) is 1. The van der Waals surface area contributed by atoms with Crippen molar-refractivity contribution in [2.75, 3.05) is 13.1 Å². The van der Waals surface area contributed by atoms with Gasteiger partial charge in [-0.15, -0.1) is 0 Å². The molecule has 20 heavy (non-hydrogen) atoms. The second-order valence-electron chi connectivity index (χ2n) is 4.13. The molecule has 0 spiro atoms. The summed E-state index contributed by atoms with van der Waals surface area (Å²) in [5.41, 5.74) is 0.555. The van der Waals surface area contributed by atoms with Gasteiger partial charge in [0.1, 0.15) is 6.04 Å². The number of carbonyl (C=O) groups excluding carboxylic acids is 2. The number of nitrogens with one attached hydrogen (secondary N) is 1. The Hall–Kier alpha value is -2.37. The quantitative estimate of drug-likeness (QED) is 0.780. The van der Waals surface area contributed by atoms with Crippen LogP contribution in [0.2, 0.25) is 0 Å². The minimum atomic E-state index is -1.61. The zero-order chi connectivity index (χ0) is 15.1. The molecule has 2 amide bonds. The Morgan fingerprint density at radius 2 is 1.70 bits per heavy atom. The summed E-state index contributed by atoms with van der Waals surface area (Å²) in [5, 5.41) is 10.9. The zero-order valence-corrected chi connectivity index (χ0v) is 11.5. The van der Waals surface area contributed by atoms with Crippen molar-refractivity contribution in [3.8, 4) is 0 Å². The maximum absolute atomic E-state index is 12.4. The first kappa shape index (κ1) is 15.7. The SMILES string of the molecule is CCN(CC)C(=O)[C@H](NC(=O)C(=O)O)c1ccccc1. The van der Waals surface area contributed by atoms with Crippen LogP contribution in [0.1, 0.15) is 25.5 Å². The number of likely N-dealkylation sites (N-methyl/N-ethyl adjacent to an activating group) is 1. The summed E-state index contributed by atoms with van der Waals surface area (Å²) < 4.78 is 0. The van der Waals surface area contributed by atoms with Crippen molar-refractivity contribution < 1.29 is 19.5 Å². The summed E-state index contributed by atoms with van der Waals surface area (Å²) in [6.07, 6.45) is 0. The summed E-state index contributed by atoms with van der Waals surface area (Å²) in [7, 11) is 0. The molecule has 1 aromatic rings. The van der Waals surface area contributed by atoms with E-state index >= 15 is 0 Å². The van der Waals surface area contributed by atoms with E-state index in [2.05, 4.69) is 5.32 Å². The van der Waals surface area contributed by atoms with Crippen molar-refractivity contribution in [3.63, 3.8) is 0 Å². The second kappa shape index (κ2) is 7.28. The largest absolute Gasteiger partial charge is 0.474 e. The van der Waals surface area contributed by atoms with Gasteiger partial charge in [-0.1, -0.05) is 30.3 Å². The van der Waals surface area contributed by atoms with Gasteiger partial charge >= 0.3 is 11.9 Å². The standard InChI is InChI=1S/C14H18N2O4/c1-3-16(4-2)13(18)11(15-12(17)14(19)20)10-8-6-5-7-9-10/h5-9,11H,3-4H2,1-2H3,(H,15,17)(H,19,20)/t11-/m1/s1. The van der Waals surface area contributed by atoms with Crippen LogP contribution in [0.4, 0.5) is 0 Å². The lowest BCUT2D eigenvalue weighted by molar-refractivity contribution is -0.151. The molecular formula is C14H18N2O4. The van der Waals surface area contributed by atoms with Crippen LogP contribution in [-0.2, 0) is 14.4 Å². The van der Waals surface area contributed by atoms with E-state index in [1.165, 1.54) is 0 Å². The Bertz CT molecular complexity index is 483. The Balaban J connectivity index is 3.04. The Labute approximate surface area is 117 Å². The fraction of sp³-hybridized carbons (Fsp3) is 0.357. The first-order valence-corrected chi connectivity index (χ1v) is 6.38. The van der Waals surface area contributed by atoms with E-state index in [-0.39, 0.29) is 5.91 Å². The number of benzene rings is 1. The molecule has 0 aliphatic rings. The summed E-state index contributed by atoms with van der Waals surface area (Å²) in [4.78, 5) is 35.9. The third kappa shape index (κ3) is 3.81. The molecule has 1 rings (SSSR count). The number of nitrogens with zero attached hydrogens (tertiary/aromatic N) is 1. The molecule has 0 saturated carbocycles. The van der Waals surface area contributed by atoms with Crippen molar-refractivity contribution in [2.45, 2.75) is 19.9 Å². The highest BCUT2D eigenvalue weighted by Crippen LogP contribution is 2.15. The normalized spacial score (nSPS) is 11.5. The predicted octanol–water partition coefficient (Wildman–Crippen LogP) is 0.797. The van der Waals surface area contributed by atoms with Crippen molar-refractivity contribution in [1.82, 2.24) is 10.2 Å². The van der Waals surface area contributed by atoms with Crippen LogP contribution in [0.25, 0.3) is 0 Å². The van der Waals surface area contributed by atoms with Crippen molar-refractivity contribution >= 4 is 17.8 Å². The number of rotatable bonds is 5. The van der Waals surface area contributed by atoms with Gasteiger partial charge in [0.15, 0.2) is 0 Å². The van der Waals surface area contributed by atoms with Crippen molar-refractivity contribution in [3.05, 3.63) is 35.9 Å². The van der Waals surface area contributed by atoms with E-state index in [9.17, 15) is 14.4 Å². The third-order valence-corrected chi connectivity index (χ3v) is 2.92. The van der Waals surface area contributed by atoms with E-state index in [0.717, 1.165) is 0 Å². The average molecular weight is 278 g/mol. The van der Waals surface area contributed by atoms with Gasteiger partial charge in [-0.2, -0.15) is 0 Å². The van der Waals surface area contributed by atoms with E-state index in [0.29, 0.717) is 18.7 Å². The number of aliphatic carboxylic acids is 1. The highest BCUT2D eigenvalue weighted by atomic mass is 16.4. The number of hydrogen-bond donors (Lipinski definition) is 2. The fourth-order valence-electron chi connectivity index (χ4n) is 1.84. The first-order valence-electron chi connectivity index (χ1n) is 6.38. The summed E-state index contributed by atoms with van der Waals surface area (Å²) in [5.74, 6) is -3.13. The minimum absolute atomic E-state index is 0.323. The van der Waals surface area contributed by atoms with Crippen molar-refractivity contribution in [2.24, 2.45) is 0 Å². The zero-order valence-electron chi connectivity index (χ0n) is 11.5. The van der Waals surface area contributed by atoms with Crippen LogP contribution in [0.15, 0.2) is 30.3 Å². The van der Waals surface area contributed by atoms with E-state index < -0.39 is 17.9 Å². The van der Waals surface area contributed by atoms with E-state index in [1.807, 2.05) is 13.8 Å². The molecule has 6 heteroatoms. The molecule has 0 unspecified atom stereocenters. The molecule has 108 valence electrons. The van der Waals surface area contributed by atoms with Crippen LogP contribution in [-0.4, -0.2) is 40.9 Å². The highest BCUT2D eigenvalue weighted by Gasteiger charge is 2.28. The van der Waals surface area contributed by atoms with Crippen LogP contribution in [0.3, 0.4) is 0 Å². The lowest BCUT2D eigenvalue weighted by atomic mass is 10.1. The van der Waals surface area contributed by atoms with Gasteiger partial charge in [-0.25, -0.2) is 4.79 Å². The molecule has 0 bridgehead atoms. The van der Waals surface area contributed by atoms with Crippen molar-refractivity contribution in [1.29, 1.82) is 0 Å². The number of amides is 2. The van der Waals surface area contributed by atoms with Gasteiger partial charge < -0.3 is 15.3 Å². The monoisotopic (exact) mass is 278 g/mol. The predicted molar refractivity (Wildman–Crippen MR) is 72.9 cm³/mol. The van der Waals surface area contributed by atoms with E-state index in [4.69, 9.17) is 5.11 Å². The molecule has 0 fully saturated rings. The molecule has 0 aliphatic heterocycles. The lowest BCUT2D eigenvalue weighted by Gasteiger charge is -2.25. The Morgan fingerprint density at radius 3 is 2.15 bits per heavy atom. The van der Waals surface area contributed by atoms with Gasteiger partial charge in [0.2, 0.25) is 5.91 Å². The van der Waals surface area contributed by atoms with Crippen LogP contribution < -0.4 is 5.32 Å². The highest BCUT2D eigenvalue weighted by molar-refractivity contribution is 6.32. The van der Waals surface area contributed by atoms with Gasteiger partial charge in [0, 0.05) is 13.1 Å². The summed E-state index contributed by atoms with van der Waals surface area (Å²) in [6, 6.07) is 7.60. The smallest absolute Gasteiger partial charge is 0.394 e. The number of hydrogen-bond acceptors (Lipinski definition) is 3. The molecule has 0 aromatic heterocycles. The van der Waals surface area contributed by atoms with Gasteiger partial charge in [-0.3, -0.25) is 9.59 Å². The van der Waals surface area contributed by atoms with Crippen LogP contribution in [0, 0.1) is 0 Å². The first-order chi connectivity index (χ1) is 9.51.